The number of rotatable bonds is 6. The van der Waals surface area contributed by atoms with Gasteiger partial charge >= 0.3 is 10.3 Å². The van der Waals surface area contributed by atoms with E-state index in [0.717, 1.165) is 23.6 Å². The first-order valence-corrected chi connectivity index (χ1v) is 5.74. The normalized spacial score (nSPS) is 11.4. The number of nitrogens with zero attached hydrogens (tertiary/aromatic N) is 1. The Morgan fingerprint density at radius 2 is 1.92 bits per heavy atom. The van der Waals surface area contributed by atoms with Crippen LogP contribution in [0, 0.1) is 0 Å². The molecule has 0 aromatic heterocycles. The summed E-state index contributed by atoms with van der Waals surface area (Å²) >= 11 is 5.32. The molecule has 0 aromatic carbocycles. The Morgan fingerprint density at radius 1 is 1.38 bits per heavy atom. The largest absolute Gasteiger partial charge is 0.337 e. The third-order valence-corrected chi connectivity index (χ3v) is 2.87. The van der Waals surface area contributed by atoms with Gasteiger partial charge in [-0.25, -0.2) is 0 Å². The van der Waals surface area contributed by atoms with Gasteiger partial charge in [-0.05, 0) is 6.42 Å². The average molecular weight is 252 g/mol. The van der Waals surface area contributed by atoms with Gasteiger partial charge < -0.3 is 0 Å². The van der Waals surface area contributed by atoms with E-state index in [-0.39, 0.29) is 25.0 Å². The topological polar surface area (TPSA) is 57.6 Å². The van der Waals surface area contributed by atoms with Crippen LogP contribution in [0.15, 0.2) is 0 Å². The smallest absolute Gasteiger partial charge is 0.273 e. The highest BCUT2D eigenvalue weighted by molar-refractivity contribution is 7.83. The second kappa shape index (κ2) is 7.82. The molecule has 0 radical (unpaired) electrons. The first kappa shape index (κ1) is 15.9. The fraction of sp³-hybridized carbons (Fsp3) is 1.00. The predicted octanol–water partition coefficient (Wildman–Crippen LogP) is 1.90. The Labute approximate surface area is 90.5 Å². The standard InChI is InChI=1S/C6H14ClNO3S.ClH/c1-2-3-4-5-8(6-7)12(9,10)11;/h2-6H2,1H3,(H,9,10,11);1H. The van der Waals surface area contributed by atoms with Crippen molar-refractivity contribution in [1.29, 1.82) is 0 Å². The summed E-state index contributed by atoms with van der Waals surface area (Å²) in [4.78, 5) is 0. The fourth-order valence-electron chi connectivity index (χ4n) is 0.775. The molecule has 0 amide bonds. The molecule has 4 nitrogen and oxygen atoms in total. The lowest BCUT2D eigenvalue weighted by Crippen LogP contribution is -2.30. The Kier molecular flexibility index (Phi) is 9.56. The molecule has 0 saturated heterocycles. The number of alkyl halides is 1. The summed E-state index contributed by atoms with van der Waals surface area (Å²) in [5.41, 5.74) is 0. The fourth-order valence-corrected chi connectivity index (χ4v) is 1.75. The lowest BCUT2D eigenvalue weighted by Gasteiger charge is -2.13. The number of hydrogen-bond acceptors (Lipinski definition) is 2. The van der Waals surface area contributed by atoms with Gasteiger partial charge in [0, 0.05) is 6.54 Å². The molecule has 0 aliphatic rings. The highest BCUT2D eigenvalue weighted by Crippen LogP contribution is 2.03. The lowest BCUT2D eigenvalue weighted by atomic mass is 10.2. The quantitative estimate of drug-likeness (QED) is 0.340. The highest BCUT2D eigenvalue weighted by Gasteiger charge is 2.16. The Hall–Kier alpha value is 0.450. The van der Waals surface area contributed by atoms with E-state index in [1.807, 2.05) is 6.92 Å². The zero-order valence-corrected chi connectivity index (χ0v) is 9.83. The van der Waals surface area contributed by atoms with Crippen molar-refractivity contribution in [3.8, 4) is 0 Å². The monoisotopic (exact) mass is 251 g/mol. The van der Waals surface area contributed by atoms with Gasteiger partial charge in [-0.15, -0.1) is 24.0 Å². The molecular formula is C6H15Cl2NO3S. The molecular weight excluding hydrogens is 237 g/mol. The van der Waals surface area contributed by atoms with Gasteiger partial charge in [-0.3, -0.25) is 4.55 Å². The van der Waals surface area contributed by atoms with E-state index in [2.05, 4.69) is 0 Å². The third-order valence-electron chi connectivity index (χ3n) is 1.47. The third kappa shape index (κ3) is 7.52. The molecule has 82 valence electrons. The van der Waals surface area contributed by atoms with E-state index in [1.54, 1.807) is 0 Å². The van der Waals surface area contributed by atoms with Crippen LogP contribution in [0.5, 0.6) is 0 Å². The number of unbranched alkanes of at least 4 members (excludes halogenated alkanes) is 2. The van der Waals surface area contributed by atoms with Crippen molar-refractivity contribution in [2.24, 2.45) is 0 Å². The van der Waals surface area contributed by atoms with Crippen molar-refractivity contribution in [2.45, 2.75) is 26.2 Å². The van der Waals surface area contributed by atoms with Crippen LogP contribution in [0.4, 0.5) is 0 Å². The molecule has 0 unspecified atom stereocenters. The van der Waals surface area contributed by atoms with E-state index >= 15 is 0 Å². The predicted molar refractivity (Wildman–Crippen MR) is 55.7 cm³/mol. The molecule has 7 heteroatoms. The molecule has 13 heavy (non-hydrogen) atoms. The van der Waals surface area contributed by atoms with Crippen molar-refractivity contribution >= 4 is 34.3 Å². The van der Waals surface area contributed by atoms with E-state index in [9.17, 15) is 8.42 Å². The first-order valence-electron chi connectivity index (χ1n) is 3.81. The molecule has 0 aliphatic carbocycles. The van der Waals surface area contributed by atoms with E-state index < -0.39 is 10.3 Å². The van der Waals surface area contributed by atoms with E-state index in [0.29, 0.717) is 0 Å². The lowest BCUT2D eigenvalue weighted by molar-refractivity contribution is 0.372. The summed E-state index contributed by atoms with van der Waals surface area (Å²) in [6, 6.07) is -0.192. The van der Waals surface area contributed by atoms with Gasteiger partial charge in [-0.1, -0.05) is 19.8 Å². The molecule has 0 rings (SSSR count). The molecule has 0 spiro atoms. The molecule has 0 atom stereocenters. The molecule has 0 aliphatic heterocycles. The zero-order chi connectivity index (χ0) is 9.61. The van der Waals surface area contributed by atoms with Crippen LogP contribution in [0.25, 0.3) is 0 Å². The van der Waals surface area contributed by atoms with Crippen molar-refractivity contribution in [1.82, 2.24) is 4.31 Å². The van der Waals surface area contributed by atoms with Gasteiger partial charge in [0.05, 0.1) is 6.00 Å². The minimum absolute atomic E-state index is 0. The summed E-state index contributed by atoms with van der Waals surface area (Å²) < 4.78 is 30.5. The van der Waals surface area contributed by atoms with E-state index in [4.69, 9.17) is 16.2 Å². The second-order valence-electron chi connectivity index (χ2n) is 2.48. The Balaban J connectivity index is 0. The maximum absolute atomic E-state index is 10.6. The highest BCUT2D eigenvalue weighted by atomic mass is 35.5. The number of halogens is 2. The van der Waals surface area contributed by atoms with Crippen LogP contribution >= 0.6 is 24.0 Å². The van der Waals surface area contributed by atoms with Crippen molar-refractivity contribution < 1.29 is 13.0 Å². The summed E-state index contributed by atoms with van der Waals surface area (Å²) in [6.45, 7) is 2.30. The van der Waals surface area contributed by atoms with Crippen LogP contribution in [-0.4, -0.2) is 29.8 Å². The van der Waals surface area contributed by atoms with Crippen LogP contribution in [0.2, 0.25) is 0 Å². The molecule has 0 bridgehead atoms. The summed E-state index contributed by atoms with van der Waals surface area (Å²) in [7, 11) is -4.09. The van der Waals surface area contributed by atoms with Gasteiger partial charge in [0.25, 0.3) is 0 Å². The Bertz CT molecular complexity index is 208. The zero-order valence-electron chi connectivity index (χ0n) is 7.44. The minimum atomic E-state index is -4.09. The average Bonchev–Trinajstić information content (AvgIpc) is 1.95. The van der Waals surface area contributed by atoms with Crippen molar-refractivity contribution in [3.63, 3.8) is 0 Å². The van der Waals surface area contributed by atoms with Crippen LogP contribution in [0.1, 0.15) is 26.2 Å². The number of hydrogen-bond donors (Lipinski definition) is 1. The summed E-state index contributed by atoms with van der Waals surface area (Å²) in [5, 5.41) is 0. The molecule has 1 N–H and O–H groups in total. The van der Waals surface area contributed by atoms with Crippen molar-refractivity contribution in [3.05, 3.63) is 0 Å². The second-order valence-corrected chi connectivity index (χ2v) is 4.13. The minimum Gasteiger partial charge on any atom is -0.273 e. The molecule has 0 saturated carbocycles. The van der Waals surface area contributed by atoms with Gasteiger partial charge in [0.15, 0.2) is 0 Å². The van der Waals surface area contributed by atoms with Gasteiger partial charge in [0.2, 0.25) is 0 Å². The van der Waals surface area contributed by atoms with Crippen LogP contribution < -0.4 is 0 Å². The SMILES string of the molecule is CCCCCN(CCl)S(=O)(=O)O.Cl. The van der Waals surface area contributed by atoms with Crippen LogP contribution in [0.3, 0.4) is 0 Å². The van der Waals surface area contributed by atoms with Gasteiger partial charge in [-0.2, -0.15) is 12.7 Å². The molecule has 0 aromatic rings. The summed E-state index contributed by atoms with van der Waals surface area (Å²) in [5.74, 6) is 0. The maximum Gasteiger partial charge on any atom is 0.337 e. The van der Waals surface area contributed by atoms with E-state index in [1.165, 1.54) is 0 Å². The molecule has 0 heterocycles. The first-order chi connectivity index (χ1) is 5.52. The Morgan fingerprint density at radius 3 is 2.23 bits per heavy atom. The maximum atomic E-state index is 10.6. The summed E-state index contributed by atoms with van der Waals surface area (Å²) in [6.07, 6.45) is 2.66. The van der Waals surface area contributed by atoms with Gasteiger partial charge in [0.1, 0.15) is 0 Å². The molecule has 0 fully saturated rings. The van der Waals surface area contributed by atoms with Crippen LogP contribution in [-0.2, 0) is 10.3 Å². The van der Waals surface area contributed by atoms with Crippen molar-refractivity contribution in [2.75, 3.05) is 12.5 Å².